The Labute approximate surface area is 202 Å². The van der Waals surface area contributed by atoms with Crippen molar-refractivity contribution in [1.82, 2.24) is 0 Å². The van der Waals surface area contributed by atoms with Gasteiger partial charge in [0.15, 0.2) is 0 Å². The third-order valence-corrected chi connectivity index (χ3v) is 14.2. The smallest absolute Gasteiger partial charge is 0.312 e. The number of fused-ring (bicyclic) bond motifs is 5. The molecule has 6 rings (SSSR count). The van der Waals surface area contributed by atoms with Gasteiger partial charge in [-0.2, -0.15) is 0 Å². The van der Waals surface area contributed by atoms with Gasteiger partial charge in [0.1, 0.15) is 6.10 Å². The van der Waals surface area contributed by atoms with E-state index in [1.807, 2.05) is 0 Å². The molecule has 1 saturated heterocycles. The first-order valence-electron chi connectivity index (χ1n) is 14.2. The molecule has 0 aromatic rings. The summed E-state index contributed by atoms with van der Waals surface area (Å²) in [5.41, 5.74) is 7.94. The maximum atomic E-state index is 13.3. The van der Waals surface area contributed by atoms with Crippen molar-refractivity contribution < 1.29 is 9.53 Å². The van der Waals surface area contributed by atoms with Gasteiger partial charge in [-0.15, -0.1) is 0 Å². The highest BCUT2D eigenvalue weighted by molar-refractivity contribution is 5.81. The van der Waals surface area contributed by atoms with Crippen LogP contribution >= 0.6 is 0 Å². The first-order chi connectivity index (χ1) is 15.2. The minimum absolute atomic E-state index is 0.115. The monoisotopic (exact) mass is 455 g/mol. The van der Waals surface area contributed by atoms with Gasteiger partial charge in [-0.25, -0.2) is 0 Å². The third-order valence-electron chi connectivity index (χ3n) is 14.2. The van der Waals surface area contributed by atoms with Gasteiger partial charge in [-0.05, 0) is 104 Å². The zero-order valence-corrected chi connectivity index (χ0v) is 22.4. The van der Waals surface area contributed by atoms with Crippen molar-refractivity contribution in [3.63, 3.8) is 0 Å². The molecule has 2 bridgehead atoms. The molecule has 3 nitrogen and oxygen atoms in total. The molecule has 33 heavy (non-hydrogen) atoms. The Morgan fingerprint density at radius 3 is 2.18 bits per heavy atom. The SMILES string of the molecule is CC1(C)CC[C@]23CC[C@]4(C)C(CC[C@@H]5[C@@]6(C)CC[C@H](N)C(C)(C)[C@@H]6CC[C@]54C)[C@H]2[C@H]1OC3=O. The summed E-state index contributed by atoms with van der Waals surface area (Å²) < 4.78 is 6.29. The molecule has 6 fully saturated rings. The summed E-state index contributed by atoms with van der Waals surface area (Å²) in [6, 6.07) is 0.338. The van der Waals surface area contributed by atoms with Crippen LogP contribution in [0.15, 0.2) is 0 Å². The van der Waals surface area contributed by atoms with E-state index in [4.69, 9.17) is 10.5 Å². The quantitative estimate of drug-likeness (QED) is 0.412. The highest BCUT2D eigenvalue weighted by Gasteiger charge is 2.75. The van der Waals surface area contributed by atoms with Gasteiger partial charge >= 0.3 is 5.97 Å². The number of carbonyl (C=O) groups is 1. The van der Waals surface area contributed by atoms with Crippen LogP contribution in [0.5, 0.6) is 0 Å². The van der Waals surface area contributed by atoms with Crippen LogP contribution in [0.4, 0.5) is 0 Å². The van der Waals surface area contributed by atoms with Gasteiger partial charge in [0.05, 0.1) is 5.41 Å². The van der Waals surface area contributed by atoms with E-state index in [2.05, 4.69) is 48.5 Å². The zero-order valence-electron chi connectivity index (χ0n) is 22.4. The summed E-state index contributed by atoms with van der Waals surface area (Å²) in [7, 11) is 0. The van der Waals surface area contributed by atoms with Crippen LogP contribution in [0.2, 0.25) is 0 Å². The van der Waals surface area contributed by atoms with Crippen molar-refractivity contribution in [2.24, 2.45) is 61.9 Å². The summed E-state index contributed by atoms with van der Waals surface area (Å²) in [5, 5.41) is 0. The molecule has 6 aliphatic rings. The Kier molecular flexibility index (Phi) is 4.44. The van der Waals surface area contributed by atoms with Crippen molar-refractivity contribution in [2.75, 3.05) is 0 Å². The minimum atomic E-state index is -0.172. The molecule has 0 radical (unpaired) electrons. The molecule has 0 aromatic carbocycles. The maximum Gasteiger partial charge on any atom is 0.312 e. The fourth-order valence-electron chi connectivity index (χ4n) is 11.9. The number of hydrogen-bond donors (Lipinski definition) is 1. The number of esters is 1. The summed E-state index contributed by atoms with van der Waals surface area (Å²) in [6.45, 7) is 17.6. The summed E-state index contributed by atoms with van der Waals surface area (Å²) >= 11 is 0. The van der Waals surface area contributed by atoms with E-state index in [0.717, 1.165) is 31.1 Å². The molecular formula is C30H49NO2. The number of hydrogen-bond acceptors (Lipinski definition) is 3. The summed E-state index contributed by atoms with van der Waals surface area (Å²) in [4.78, 5) is 13.3. The summed E-state index contributed by atoms with van der Waals surface area (Å²) in [5.74, 6) is 2.74. The average molecular weight is 456 g/mol. The van der Waals surface area contributed by atoms with Gasteiger partial charge < -0.3 is 10.5 Å². The lowest BCUT2D eigenvalue weighted by atomic mass is 9.31. The number of ether oxygens (including phenoxy) is 1. The minimum Gasteiger partial charge on any atom is -0.461 e. The molecule has 5 aliphatic carbocycles. The predicted molar refractivity (Wildman–Crippen MR) is 132 cm³/mol. The van der Waals surface area contributed by atoms with Crippen molar-refractivity contribution in [3.05, 3.63) is 0 Å². The fourth-order valence-corrected chi connectivity index (χ4v) is 11.9. The van der Waals surface area contributed by atoms with E-state index < -0.39 is 0 Å². The maximum absolute atomic E-state index is 13.3. The number of carbonyl (C=O) groups excluding carboxylic acids is 1. The van der Waals surface area contributed by atoms with Gasteiger partial charge in [-0.1, -0.05) is 48.5 Å². The second-order valence-electron chi connectivity index (χ2n) is 15.6. The number of rotatable bonds is 0. The van der Waals surface area contributed by atoms with E-state index in [1.54, 1.807) is 0 Å². The molecule has 3 heteroatoms. The van der Waals surface area contributed by atoms with Gasteiger partial charge in [0, 0.05) is 17.4 Å². The summed E-state index contributed by atoms with van der Waals surface area (Å²) in [6.07, 6.45) is 12.4. The Morgan fingerprint density at radius 1 is 0.758 bits per heavy atom. The lowest BCUT2D eigenvalue weighted by Gasteiger charge is -2.73. The van der Waals surface area contributed by atoms with Crippen LogP contribution in [-0.2, 0) is 9.53 Å². The molecular weight excluding hydrogens is 406 g/mol. The molecule has 10 atom stereocenters. The van der Waals surface area contributed by atoms with E-state index in [-0.39, 0.29) is 28.3 Å². The van der Waals surface area contributed by atoms with Gasteiger partial charge in [0.2, 0.25) is 0 Å². The van der Waals surface area contributed by atoms with Crippen molar-refractivity contribution in [3.8, 4) is 0 Å². The van der Waals surface area contributed by atoms with Crippen LogP contribution in [0.1, 0.15) is 113 Å². The van der Waals surface area contributed by atoms with Gasteiger partial charge in [-0.3, -0.25) is 4.79 Å². The Morgan fingerprint density at radius 2 is 1.45 bits per heavy atom. The topological polar surface area (TPSA) is 52.3 Å². The van der Waals surface area contributed by atoms with Crippen LogP contribution < -0.4 is 5.73 Å². The van der Waals surface area contributed by atoms with Crippen LogP contribution in [0, 0.1) is 56.2 Å². The van der Waals surface area contributed by atoms with Crippen LogP contribution in [0.25, 0.3) is 0 Å². The Balaban J connectivity index is 1.41. The zero-order chi connectivity index (χ0) is 23.8. The normalized spacial score (nSPS) is 58.4. The van der Waals surface area contributed by atoms with Gasteiger partial charge in [0.25, 0.3) is 0 Å². The Bertz CT molecular complexity index is 879. The van der Waals surface area contributed by atoms with Crippen molar-refractivity contribution in [2.45, 2.75) is 125 Å². The molecule has 2 N–H and O–H groups in total. The molecule has 5 saturated carbocycles. The van der Waals surface area contributed by atoms with E-state index in [0.29, 0.717) is 34.1 Å². The Hall–Kier alpha value is -0.570. The van der Waals surface area contributed by atoms with E-state index >= 15 is 0 Å². The van der Waals surface area contributed by atoms with Crippen LogP contribution in [0.3, 0.4) is 0 Å². The lowest BCUT2D eigenvalue weighted by Crippen LogP contribution is -2.68. The molecule has 0 aromatic heterocycles. The molecule has 0 amide bonds. The first kappa shape index (κ1) is 22.9. The number of nitrogens with two attached hydrogens (primary N) is 1. The van der Waals surface area contributed by atoms with Crippen LogP contribution in [-0.4, -0.2) is 18.1 Å². The second-order valence-corrected chi connectivity index (χ2v) is 15.6. The molecule has 1 heterocycles. The van der Waals surface area contributed by atoms with Crippen molar-refractivity contribution >= 4 is 5.97 Å². The first-order valence-corrected chi connectivity index (χ1v) is 14.2. The lowest BCUT2D eigenvalue weighted by molar-refractivity contribution is -0.243. The predicted octanol–water partition coefficient (Wildman–Crippen LogP) is 6.73. The highest BCUT2D eigenvalue weighted by atomic mass is 16.6. The molecule has 1 aliphatic heterocycles. The van der Waals surface area contributed by atoms with Crippen molar-refractivity contribution in [1.29, 1.82) is 0 Å². The third kappa shape index (κ3) is 2.45. The molecule has 0 spiro atoms. The largest absolute Gasteiger partial charge is 0.461 e. The van der Waals surface area contributed by atoms with E-state index in [9.17, 15) is 4.79 Å². The highest BCUT2D eigenvalue weighted by Crippen LogP contribution is 2.78. The second kappa shape index (κ2) is 6.40. The van der Waals surface area contributed by atoms with E-state index in [1.165, 1.54) is 44.9 Å². The fraction of sp³-hybridized carbons (Fsp3) is 0.967. The molecule has 186 valence electrons. The molecule has 1 unspecified atom stereocenters. The average Bonchev–Trinajstić information content (AvgIpc) is 2.99. The standard InChI is InChI=1S/C30H49NO2/c1-25(2)14-16-30-17-15-28(6)18(22(30)23(25)33-24(30)32)8-9-20-27(5)12-11-21(31)26(3,4)19(27)10-13-29(20,28)7/h18-23H,8-17,31H2,1-7H3/t18?,19-,20+,21-,22-,23+,27-,28+,29+,30-/m0/s1.